The van der Waals surface area contributed by atoms with E-state index in [2.05, 4.69) is 5.32 Å². The average molecular weight is 493 g/mol. The monoisotopic (exact) mass is 492 g/mol. The largest absolute Gasteiger partial charge is 0.486 e. The van der Waals surface area contributed by atoms with E-state index in [9.17, 15) is 9.59 Å². The molecule has 33 heavy (non-hydrogen) atoms. The number of rotatable bonds is 9. The van der Waals surface area contributed by atoms with Gasteiger partial charge in [0.25, 0.3) is 0 Å². The van der Waals surface area contributed by atoms with E-state index in [1.54, 1.807) is 30.0 Å². The molecule has 2 aromatic rings. The Bertz CT molecular complexity index is 976. The Hall–Kier alpha value is -2.44. The first-order valence-electron chi connectivity index (χ1n) is 11.1. The molecule has 1 aliphatic heterocycles. The van der Waals surface area contributed by atoms with Crippen LogP contribution >= 0.6 is 23.2 Å². The van der Waals surface area contributed by atoms with E-state index in [4.69, 9.17) is 32.7 Å². The van der Waals surface area contributed by atoms with Gasteiger partial charge in [-0.05, 0) is 49.1 Å². The number of carbonyl (C=O) groups is 2. The fourth-order valence-electron chi connectivity index (χ4n) is 3.53. The van der Waals surface area contributed by atoms with Crippen LogP contribution in [0.2, 0.25) is 10.0 Å². The number of halogens is 2. The molecule has 1 N–H and O–H groups in total. The van der Waals surface area contributed by atoms with Gasteiger partial charge in [0.05, 0.1) is 0 Å². The standard InChI is InChI=1S/C25H30Cl2N2O4/c1-16(2)14-28-25(31)17(3)29(15-19-20(26)5-4-6-21(19)27)24(30)10-8-18-7-9-22-23(13-18)33-12-11-32-22/h4-7,9,13,16-17H,8,10-12,14-15H2,1-3H3,(H,28,31)/t17-/m0/s1. The fraction of sp³-hybridized carbons (Fsp3) is 0.440. The van der Waals surface area contributed by atoms with Gasteiger partial charge in [0.15, 0.2) is 11.5 Å². The summed E-state index contributed by atoms with van der Waals surface area (Å²) in [5, 5.41) is 3.83. The van der Waals surface area contributed by atoms with Crippen molar-refractivity contribution in [2.24, 2.45) is 5.92 Å². The zero-order valence-corrected chi connectivity index (χ0v) is 20.7. The Morgan fingerprint density at radius 3 is 2.36 bits per heavy atom. The van der Waals surface area contributed by atoms with Crippen molar-refractivity contribution >= 4 is 35.0 Å². The van der Waals surface area contributed by atoms with Crippen molar-refractivity contribution in [2.45, 2.75) is 46.2 Å². The van der Waals surface area contributed by atoms with E-state index in [-0.39, 0.29) is 24.8 Å². The van der Waals surface area contributed by atoms with E-state index in [0.29, 0.717) is 59.2 Å². The number of hydrogen-bond donors (Lipinski definition) is 1. The predicted octanol–water partition coefficient (Wildman–Crippen LogP) is 4.89. The maximum Gasteiger partial charge on any atom is 0.242 e. The van der Waals surface area contributed by atoms with Crippen LogP contribution in [0.15, 0.2) is 36.4 Å². The van der Waals surface area contributed by atoms with Gasteiger partial charge in [-0.15, -0.1) is 0 Å². The number of carbonyl (C=O) groups excluding carboxylic acids is 2. The highest BCUT2D eigenvalue weighted by molar-refractivity contribution is 6.36. The number of hydrogen-bond acceptors (Lipinski definition) is 4. The van der Waals surface area contributed by atoms with Gasteiger partial charge >= 0.3 is 0 Å². The summed E-state index contributed by atoms with van der Waals surface area (Å²) in [6.07, 6.45) is 0.728. The van der Waals surface area contributed by atoms with Gasteiger partial charge in [-0.1, -0.05) is 49.2 Å². The molecule has 2 amide bonds. The molecule has 0 bridgehead atoms. The molecule has 1 aliphatic rings. The Labute approximate surface area is 205 Å². The Balaban J connectivity index is 1.75. The summed E-state index contributed by atoms with van der Waals surface area (Å²) in [7, 11) is 0. The molecular formula is C25H30Cl2N2O4. The Kier molecular flexibility index (Phi) is 8.87. The quantitative estimate of drug-likeness (QED) is 0.541. The van der Waals surface area contributed by atoms with Gasteiger partial charge in [-0.3, -0.25) is 9.59 Å². The van der Waals surface area contributed by atoms with Crippen molar-refractivity contribution in [2.75, 3.05) is 19.8 Å². The zero-order chi connectivity index (χ0) is 24.0. The number of benzene rings is 2. The summed E-state index contributed by atoms with van der Waals surface area (Å²) in [5.41, 5.74) is 1.58. The summed E-state index contributed by atoms with van der Waals surface area (Å²) >= 11 is 12.7. The number of ether oxygens (including phenoxy) is 2. The van der Waals surface area contributed by atoms with E-state index in [1.165, 1.54) is 0 Å². The highest BCUT2D eigenvalue weighted by Gasteiger charge is 2.27. The lowest BCUT2D eigenvalue weighted by molar-refractivity contribution is -0.140. The van der Waals surface area contributed by atoms with Gasteiger partial charge < -0.3 is 19.7 Å². The van der Waals surface area contributed by atoms with Crippen molar-refractivity contribution in [3.05, 3.63) is 57.6 Å². The van der Waals surface area contributed by atoms with Crippen LogP contribution in [-0.4, -0.2) is 42.5 Å². The van der Waals surface area contributed by atoms with Crippen LogP contribution < -0.4 is 14.8 Å². The lowest BCUT2D eigenvalue weighted by Crippen LogP contribution is -2.48. The van der Waals surface area contributed by atoms with Crippen molar-refractivity contribution in [3.8, 4) is 11.5 Å². The molecule has 6 nitrogen and oxygen atoms in total. The van der Waals surface area contributed by atoms with Crippen LogP contribution in [0.3, 0.4) is 0 Å². The maximum absolute atomic E-state index is 13.3. The van der Waals surface area contributed by atoms with Gasteiger partial charge in [0.1, 0.15) is 19.3 Å². The molecule has 0 saturated carbocycles. The van der Waals surface area contributed by atoms with E-state index >= 15 is 0 Å². The first kappa shape index (κ1) is 25.2. The third-order valence-electron chi connectivity index (χ3n) is 5.48. The van der Waals surface area contributed by atoms with Crippen molar-refractivity contribution in [1.29, 1.82) is 0 Å². The molecule has 0 spiro atoms. The molecule has 0 radical (unpaired) electrons. The molecule has 0 aliphatic carbocycles. The van der Waals surface area contributed by atoms with Crippen molar-refractivity contribution < 1.29 is 19.1 Å². The van der Waals surface area contributed by atoms with Gasteiger partial charge in [-0.25, -0.2) is 0 Å². The molecule has 8 heteroatoms. The zero-order valence-electron chi connectivity index (χ0n) is 19.2. The third-order valence-corrected chi connectivity index (χ3v) is 6.18. The first-order chi connectivity index (χ1) is 15.8. The predicted molar refractivity (Wildman–Crippen MR) is 130 cm³/mol. The smallest absolute Gasteiger partial charge is 0.242 e. The average Bonchev–Trinajstić information content (AvgIpc) is 2.80. The number of nitrogens with one attached hydrogen (secondary N) is 1. The molecule has 0 fully saturated rings. The Morgan fingerprint density at radius 2 is 1.70 bits per heavy atom. The van der Waals surface area contributed by atoms with Crippen LogP contribution in [0.4, 0.5) is 0 Å². The molecule has 1 atom stereocenters. The van der Waals surface area contributed by atoms with Crippen LogP contribution in [0, 0.1) is 5.92 Å². The number of fused-ring (bicyclic) bond motifs is 1. The normalized spacial score (nSPS) is 13.5. The van der Waals surface area contributed by atoms with Crippen LogP contribution in [0.25, 0.3) is 0 Å². The number of nitrogens with zero attached hydrogens (tertiary/aromatic N) is 1. The van der Waals surface area contributed by atoms with Gasteiger partial charge in [0, 0.05) is 35.1 Å². The molecule has 0 aromatic heterocycles. The number of amides is 2. The fourth-order valence-corrected chi connectivity index (χ4v) is 4.04. The molecule has 178 valence electrons. The molecular weight excluding hydrogens is 463 g/mol. The summed E-state index contributed by atoms with van der Waals surface area (Å²) in [6, 6.07) is 10.2. The second-order valence-electron chi connectivity index (χ2n) is 8.51. The Morgan fingerprint density at radius 1 is 1.03 bits per heavy atom. The van der Waals surface area contributed by atoms with Crippen molar-refractivity contribution in [1.82, 2.24) is 10.2 Å². The molecule has 3 rings (SSSR count). The highest BCUT2D eigenvalue weighted by Crippen LogP contribution is 2.31. The molecule has 2 aromatic carbocycles. The van der Waals surface area contributed by atoms with Gasteiger partial charge in [0.2, 0.25) is 11.8 Å². The molecule has 0 unspecified atom stereocenters. The first-order valence-corrected chi connectivity index (χ1v) is 11.9. The summed E-state index contributed by atoms with van der Waals surface area (Å²) < 4.78 is 11.2. The minimum Gasteiger partial charge on any atom is -0.486 e. The molecule has 1 heterocycles. The molecule has 0 saturated heterocycles. The summed E-state index contributed by atoms with van der Waals surface area (Å²) in [5.74, 6) is 1.33. The summed E-state index contributed by atoms with van der Waals surface area (Å²) in [4.78, 5) is 27.6. The topological polar surface area (TPSA) is 67.9 Å². The third kappa shape index (κ3) is 6.78. The highest BCUT2D eigenvalue weighted by atomic mass is 35.5. The SMILES string of the molecule is CC(C)CNC(=O)[C@H](C)N(Cc1c(Cl)cccc1Cl)C(=O)CCc1ccc2c(c1)OCCO2. The lowest BCUT2D eigenvalue weighted by Gasteiger charge is -2.30. The minimum absolute atomic E-state index is 0.148. The van der Waals surface area contributed by atoms with E-state index < -0.39 is 6.04 Å². The second kappa shape index (κ2) is 11.6. The summed E-state index contributed by atoms with van der Waals surface area (Å²) in [6.45, 7) is 7.48. The maximum atomic E-state index is 13.3. The van der Waals surface area contributed by atoms with Crippen LogP contribution in [0.1, 0.15) is 38.3 Å². The lowest BCUT2D eigenvalue weighted by atomic mass is 10.1. The van der Waals surface area contributed by atoms with Crippen LogP contribution in [-0.2, 0) is 22.6 Å². The van der Waals surface area contributed by atoms with Crippen molar-refractivity contribution in [3.63, 3.8) is 0 Å². The second-order valence-corrected chi connectivity index (χ2v) is 9.33. The van der Waals surface area contributed by atoms with E-state index in [1.807, 2.05) is 32.0 Å². The minimum atomic E-state index is -0.677. The van der Waals surface area contributed by atoms with Crippen LogP contribution in [0.5, 0.6) is 11.5 Å². The number of aryl methyl sites for hydroxylation is 1. The van der Waals surface area contributed by atoms with E-state index in [0.717, 1.165) is 5.56 Å². The van der Waals surface area contributed by atoms with Gasteiger partial charge in [-0.2, -0.15) is 0 Å².